The summed E-state index contributed by atoms with van der Waals surface area (Å²) in [5.41, 5.74) is -0.205. The van der Waals surface area contributed by atoms with E-state index in [1.54, 1.807) is 0 Å². The molecule has 0 bridgehead atoms. The maximum atomic E-state index is 13.3. The van der Waals surface area contributed by atoms with Crippen LogP contribution in [0.1, 0.15) is 0 Å². The van der Waals surface area contributed by atoms with Crippen LogP contribution in [-0.4, -0.2) is 9.97 Å². The molecule has 0 saturated carbocycles. The van der Waals surface area contributed by atoms with Gasteiger partial charge in [-0.2, -0.15) is 0 Å². The van der Waals surface area contributed by atoms with Crippen molar-refractivity contribution in [3.8, 4) is 0 Å². The normalized spacial score (nSPS) is 10.4. The van der Waals surface area contributed by atoms with Crippen molar-refractivity contribution in [2.24, 2.45) is 0 Å². The highest BCUT2D eigenvalue weighted by atomic mass is 79.9. The lowest BCUT2D eigenvalue weighted by atomic mass is 10.3. The zero-order chi connectivity index (χ0) is 12.4. The predicted octanol–water partition coefficient (Wildman–Crippen LogP) is 3.40. The summed E-state index contributed by atoms with van der Waals surface area (Å²) >= 11 is 3.13. The SMILES string of the molecule is Fc1ccc(Nc2ncncc2Br)c(F)c1F. The number of hydrogen-bond acceptors (Lipinski definition) is 3. The highest BCUT2D eigenvalue weighted by Crippen LogP contribution is 2.26. The molecule has 2 aromatic rings. The first-order valence-corrected chi connectivity index (χ1v) is 5.25. The molecule has 0 aliphatic carbocycles. The van der Waals surface area contributed by atoms with Crippen molar-refractivity contribution in [1.82, 2.24) is 9.97 Å². The molecule has 0 amide bonds. The van der Waals surface area contributed by atoms with E-state index in [1.807, 2.05) is 0 Å². The van der Waals surface area contributed by atoms with E-state index in [0.717, 1.165) is 12.1 Å². The van der Waals surface area contributed by atoms with Gasteiger partial charge in [0.1, 0.15) is 12.1 Å². The number of hydrogen-bond donors (Lipinski definition) is 1. The van der Waals surface area contributed by atoms with Crippen molar-refractivity contribution in [3.05, 3.63) is 46.6 Å². The first-order chi connectivity index (χ1) is 8.09. The van der Waals surface area contributed by atoms with E-state index < -0.39 is 17.5 Å². The molecular weight excluding hydrogens is 299 g/mol. The third kappa shape index (κ3) is 2.38. The Bertz CT molecular complexity index is 562. The Morgan fingerprint density at radius 2 is 1.88 bits per heavy atom. The zero-order valence-electron chi connectivity index (χ0n) is 8.22. The predicted molar refractivity (Wildman–Crippen MR) is 59.3 cm³/mol. The van der Waals surface area contributed by atoms with Gasteiger partial charge in [-0.05, 0) is 28.1 Å². The molecule has 88 valence electrons. The van der Waals surface area contributed by atoms with Gasteiger partial charge in [0.25, 0.3) is 0 Å². The highest BCUT2D eigenvalue weighted by molar-refractivity contribution is 9.10. The van der Waals surface area contributed by atoms with Crippen LogP contribution in [0.2, 0.25) is 0 Å². The fourth-order valence-electron chi connectivity index (χ4n) is 1.15. The lowest BCUT2D eigenvalue weighted by Crippen LogP contribution is -2.01. The second kappa shape index (κ2) is 4.70. The fraction of sp³-hybridized carbons (Fsp3) is 0. The molecule has 1 N–H and O–H groups in total. The number of rotatable bonds is 2. The molecule has 3 nitrogen and oxygen atoms in total. The van der Waals surface area contributed by atoms with Gasteiger partial charge in [0.05, 0.1) is 10.2 Å². The molecule has 0 atom stereocenters. The zero-order valence-corrected chi connectivity index (χ0v) is 9.80. The average Bonchev–Trinajstić information content (AvgIpc) is 2.32. The van der Waals surface area contributed by atoms with Crippen LogP contribution in [0, 0.1) is 17.5 Å². The van der Waals surface area contributed by atoms with Crippen molar-refractivity contribution in [2.45, 2.75) is 0 Å². The van der Waals surface area contributed by atoms with Crippen LogP contribution >= 0.6 is 15.9 Å². The second-order valence-electron chi connectivity index (χ2n) is 3.07. The minimum absolute atomic E-state index is 0.205. The van der Waals surface area contributed by atoms with E-state index in [9.17, 15) is 13.2 Å². The lowest BCUT2D eigenvalue weighted by molar-refractivity contribution is 0.449. The molecular formula is C10H5BrF3N3. The van der Waals surface area contributed by atoms with E-state index in [2.05, 4.69) is 31.2 Å². The summed E-state index contributed by atoms with van der Waals surface area (Å²) < 4.78 is 39.5. The molecule has 0 saturated heterocycles. The van der Waals surface area contributed by atoms with Crippen LogP contribution in [0.15, 0.2) is 29.1 Å². The molecule has 0 fully saturated rings. The van der Waals surface area contributed by atoms with Crippen LogP contribution in [0.3, 0.4) is 0 Å². The van der Waals surface area contributed by atoms with E-state index in [0.29, 0.717) is 4.47 Å². The van der Waals surface area contributed by atoms with Gasteiger partial charge in [-0.3, -0.25) is 0 Å². The van der Waals surface area contributed by atoms with Gasteiger partial charge in [-0.25, -0.2) is 23.1 Å². The molecule has 0 aliphatic rings. The van der Waals surface area contributed by atoms with Crippen LogP contribution < -0.4 is 5.32 Å². The number of nitrogens with one attached hydrogen (secondary N) is 1. The Morgan fingerprint density at radius 3 is 2.59 bits per heavy atom. The quantitative estimate of drug-likeness (QED) is 0.864. The van der Waals surface area contributed by atoms with Crippen molar-refractivity contribution in [1.29, 1.82) is 0 Å². The minimum Gasteiger partial charge on any atom is -0.337 e. The maximum absolute atomic E-state index is 13.3. The number of nitrogens with zero attached hydrogens (tertiary/aromatic N) is 2. The van der Waals surface area contributed by atoms with Gasteiger partial charge in [-0.15, -0.1) is 0 Å². The van der Waals surface area contributed by atoms with Gasteiger partial charge >= 0.3 is 0 Å². The highest BCUT2D eigenvalue weighted by Gasteiger charge is 2.14. The van der Waals surface area contributed by atoms with Gasteiger partial charge < -0.3 is 5.32 Å². The van der Waals surface area contributed by atoms with E-state index in [-0.39, 0.29) is 11.5 Å². The molecule has 0 spiro atoms. The smallest absolute Gasteiger partial charge is 0.196 e. The van der Waals surface area contributed by atoms with E-state index in [4.69, 9.17) is 0 Å². The number of aromatic nitrogens is 2. The van der Waals surface area contributed by atoms with Gasteiger partial charge in [0.2, 0.25) is 0 Å². The Kier molecular flexibility index (Phi) is 3.28. The monoisotopic (exact) mass is 303 g/mol. The maximum Gasteiger partial charge on any atom is 0.196 e. The fourth-order valence-corrected chi connectivity index (χ4v) is 1.47. The molecule has 1 aromatic carbocycles. The minimum atomic E-state index is -1.53. The number of halogens is 4. The third-order valence-corrected chi connectivity index (χ3v) is 2.54. The Labute approximate surface area is 103 Å². The lowest BCUT2D eigenvalue weighted by Gasteiger charge is -2.08. The van der Waals surface area contributed by atoms with Crippen LogP contribution in [-0.2, 0) is 0 Å². The van der Waals surface area contributed by atoms with Crippen molar-refractivity contribution >= 4 is 27.4 Å². The molecule has 0 aliphatic heterocycles. The summed E-state index contributed by atoms with van der Waals surface area (Å²) in [6, 6.07) is 1.91. The molecule has 1 aromatic heterocycles. The summed E-state index contributed by atoms with van der Waals surface area (Å²) in [5, 5.41) is 2.53. The topological polar surface area (TPSA) is 37.8 Å². The molecule has 1 heterocycles. The molecule has 0 unspecified atom stereocenters. The number of benzene rings is 1. The average molecular weight is 304 g/mol. The van der Waals surface area contributed by atoms with Crippen LogP contribution in [0.4, 0.5) is 24.7 Å². The second-order valence-corrected chi connectivity index (χ2v) is 3.92. The first kappa shape index (κ1) is 11.8. The van der Waals surface area contributed by atoms with E-state index in [1.165, 1.54) is 12.5 Å². The first-order valence-electron chi connectivity index (χ1n) is 4.45. The molecule has 2 rings (SSSR count). The van der Waals surface area contributed by atoms with Crippen molar-refractivity contribution in [2.75, 3.05) is 5.32 Å². The largest absolute Gasteiger partial charge is 0.337 e. The Balaban J connectivity index is 2.38. The van der Waals surface area contributed by atoms with Gasteiger partial charge in [-0.1, -0.05) is 0 Å². The van der Waals surface area contributed by atoms with Crippen molar-refractivity contribution in [3.63, 3.8) is 0 Å². The third-order valence-electron chi connectivity index (χ3n) is 1.96. The summed E-state index contributed by atoms with van der Waals surface area (Å²) in [7, 11) is 0. The standard InChI is InChI=1S/C10H5BrF3N3/c11-5-3-15-4-16-10(5)17-7-2-1-6(12)8(13)9(7)14/h1-4H,(H,15,16,17). The van der Waals surface area contributed by atoms with Gasteiger partial charge in [0, 0.05) is 6.20 Å². The van der Waals surface area contributed by atoms with E-state index >= 15 is 0 Å². The Morgan fingerprint density at radius 1 is 1.12 bits per heavy atom. The van der Waals surface area contributed by atoms with Gasteiger partial charge in [0.15, 0.2) is 17.5 Å². The summed E-state index contributed by atoms with van der Waals surface area (Å²) in [5.74, 6) is -3.81. The Hall–Kier alpha value is -1.63. The van der Waals surface area contributed by atoms with Crippen molar-refractivity contribution < 1.29 is 13.2 Å². The molecule has 0 radical (unpaired) electrons. The summed E-state index contributed by atoms with van der Waals surface area (Å²) in [6.07, 6.45) is 2.68. The molecule has 7 heteroatoms. The molecule has 17 heavy (non-hydrogen) atoms. The van der Waals surface area contributed by atoms with Crippen LogP contribution in [0.25, 0.3) is 0 Å². The number of anilines is 2. The summed E-state index contributed by atoms with van der Waals surface area (Å²) in [6.45, 7) is 0. The summed E-state index contributed by atoms with van der Waals surface area (Å²) in [4.78, 5) is 7.53. The van der Waals surface area contributed by atoms with Crippen LogP contribution in [0.5, 0.6) is 0 Å².